The molecule has 0 saturated carbocycles. The number of hydrogen-bond acceptors (Lipinski definition) is 4. The molecular weight excluding hydrogens is 177 g/mol. The topological polar surface area (TPSA) is 61.5 Å². The van der Waals surface area contributed by atoms with Gasteiger partial charge < -0.3 is 14.8 Å². The molecule has 70 valence electrons. The fourth-order valence-corrected chi connectivity index (χ4v) is 1.43. The van der Waals surface area contributed by atoms with Crippen LogP contribution < -0.4 is 5.73 Å². The summed E-state index contributed by atoms with van der Waals surface area (Å²) in [4.78, 5) is 0. The molecule has 0 aliphatic heterocycles. The van der Waals surface area contributed by atoms with Crippen LogP contribution in [0.15, 0.2) is 25.3 Å². The summed E-state index contributed by atoms with van der Waals surface area (Å²) < 4.78 is 21.2. The van der Waals surface area contributed by atoms with E-state index in [9.17, 15) is 4.57 Å². The van der Waals surface area contributed by atoms with E-state index in [1.54, 1.807) is 0 Å². The Balaban J connectivity index is 3.94. The van der Waals surface area contributed by atoms with Gasteiger partial charge in [-0.3, -0.25) is 4.57 Å². The molecule has 0 saturated heterocycles. The van der Waals surface area contributed by atoms with Crippen molar-refractivity contribution in [2.24, 2.45) is 5.73 Å². The number of nitrogens with two attached hydrogens (primary N) is 1. The van der Waals surface area contributed by atoms with Gasteiger partial charge in [-0.05, 0) is 0 Å². The molecule has 0 amide bonds. The molecule has 0 atom stereocenters. The lowest BCUT2D eigenvalue weighted by Gasteiger charge is -2.14. The maximum atomic E-state index is 11.4. The third-order valence-corrected chi connectivity index (χ3v) is 2.53. The molecule has 0 aromatic carbocycles. The van der Waals surface area contributed by atoms with Crippen molar-refractivity contribution in [2.45, 2.75) is 0 Å². The van der Waals surface area contributed by atoms with Gasteiger partial charge in [0.25, 0.3) is 0 Å². The van der Waals surface area contributed by atoms with Crippen LogP contribution in [0.4, 0.5) is 0 Å². The van der Waals surface area contributed by atoms with Crippen LogP contribution in [0.2, 0.25) is 0 Å². The zero-order chi connectivity index (χ0) is 9.45. The van der Waals surface area contributed by atoms with E-state index in [1.807, 2.05) is 0 Å². The first-order valence-electron chi connectivity index (χ1n) is 3.48. The molecule has 0 fully saturated rings. The standard InChI is InChI=1S/C7H14NO3P/c1-3-5-10-12(9,7-8)11-6-4-2/h3-4H,1-2,5-8H2. The van der Waals surface area contributed by atoms with E-state index in [2.05, 4.69) is 13.2 Å². The first-order chi connectivity index (χ1) is 5.68. The fourth-order valence-electron chi connectivity index (χ4n) is 0.475. The highest BCUT2D eigenvalue weighted by Crippen LogP contribution is 2.45. The van der Waals surface area contributed by atoms with E-state index in [0.29, 0.717) is 0 Å². The van der Waals surface area contributed by atoms with E-state index in [0.717, 1.165) is 0 Å². The van der Waals surface area contributed by atoms with E-state index >= 15 is 0 Å². The number of rotatable bonds is 7. The maximum absolute atomic E-state index is 11.4. The Morgan fingerprint density at radius 2 is 1.67 bits per heavy atom. The van der Waals surface area contributed by atoms with E-state index in [4.69, 9.17) is 14.8 Å². The van der Waals surface area contributed by atoms with Gasteiger partial charge in [0, 0.05) is 0 Å². The first-order valence-corrected chi connectivity index (χ1v) is 5.21. The van der Waals surface area contributed by atoms with Gasteiger partial charge in [0.2, 0.25) is 0 Å². The van der Waals surface area contributed by atoms with Gasteiger partial charge in [-0.25, -0.2) is 0 Å². The van der Waals surface area contributed by atoms with Crippen LogP contribution in [-0.4, -0.2) is 19.5 Å². The second kappa shape index (κ2) is 6.14. The SMILES string of the molecule is C=CCOP(=O)(CN)OCC=C. The highest BCUT2D eigenvalue weighted by Gasteiger charge is 2.20. The highest BCUT2D eigenvalue weighted by molar-refractivity contribution is 7.53. The summed E-state index contributed by atoms with van der Waals surface area (Å²) >= 11 is 0. The van der Waals surface area contributed by atoms with Crippen molar-refractivity contribution in [3.05, 3.63) is 25.3 Å². The Morgan fingerprint density at radius 3 is 1.92 bits per heavy atom. The Morgan fingerprint density at radius 1 is 1.25 bits per heavy atom. The van der Waals surface area contributed by atoms with Crippen molar-refractivity contribution in [3.63, 3.8) is 0 Å². The highest BCUT2D eigenvalue weighted by atomic mass is 31.2. The molecule has 0 aromatic rings. The van der Waals surface area contributed by atoms with Crippen molar-refractivity contribution in [1.29, 1.82) is 0 Å². The zero-order valence-electron chi connectivity index (χ0n) is 6.94. The van der Waals surface area contributed by atoms with Crippen LogP contribution in [0, 0.1) is 0 Å². The average molecular weight is 191 g/mol. The number of hydrogen-bond donors (Lipinski definition) is 1. The zero-order valence-corrected chi connectivity index (χ0v) is 7.83. The summed E-state index contributed by atoms with van der Waals surface area (Å²) in [6.45, 7) is 7.18. The third-order valence-electron chi connectivity index (χ3n) is 1.00. The van der Waals surface area contributed by atoms with Gasteiger partial charge in [-0.15, -0.1) is 13.2 Å². The Kier molecular flexibility index (Phi) is 5.93. The molecule has 0 spiro atoms. The van der Waals surface area contributed by atoms with Crippen LogP contribution in [-0.2, 0) is 13.6 Å². The molecule has 0 aromatic heterocycles. The van der Waals surface area contributed by atoms with Crippen LogP contribution in [0.1, 0.15) is 0 Å². The lowest BCUT2D eigenvalue weighted by Crippen LogP contribution is -2.07. The second-order valence-corrected chi connectivity index (χ2v) is 4.07. The molecule has 0 radical (unpaired) electrons. The smallest absolute Gasteiger partial charge is 0.320 e. The predicted molar refractivity (Wildman–Crippen MR) is 49.0 cm³/mol. The summed E-state index contributed by atoms with van der Waals surface area (Å²) in [5.74, 6) is 0. The Bertz CT molecular complexity index is 177. The van der Waals surface area contributed by atoms with E-state index < -0.39 is 7.60 Å². The van der Waals surface area contributed by atoms with Gasteiger partial charge >= 0.3 is 7.60 Å². The molecular formula is C7H14NO3P. The summed E-state index contributed by atoms with van der Waals surface area (Å²) in [6.07, 6.45) is 2.84. The Hall–Kier alpha value is -0.410. The molecule has 0 heterocycles. The summed E-state index contributed by atoms with van der Waals surface area (Å²) in [5, 5.41) is 0. The monoisotopic (exact) mass is 191 g/mol. The molecule has 0 rings (SSSR count). The quantitative estimate of drug-likeness (QED) is 0.489. The van der Waals surface area contributed by atoms with E-state index in [-0.39, 0.29) is 19.5 Å². The minimum absolute atomic E-state index is 0.130. The molecule has 12 heavy (non-hydrogen) atoms. The normalized spacial score (nSPS) is 11.1. The molecule has 2 N–H and O–H groups in total. The lowest BCUT2D eigenvalue weighted by atomic mass is 10.7. The molecule has 0 aliphatic carbocycles. The van der Waals surface area contributed by atoms with Crippen molar-refractivity contribution < 1.29 is 13.6 Å². The largest absolute Gasteiger partial charge is 0.344 e. The summed E-state index contributed by atoms with van der Waals surface area (Å²) in [5.41, 5.74) is 5.21. The minimum atomic E-state index is -3.10. The van der Waals surface area contributed by atoms with Crippen molar-refractivity contribution in [2.75, 3.05) is 19.5 Å². The average Bonchev–Trinajstić information content (AvgIpc) is 2.11. The van der Waals surface area contributed by atoms with Gasteiger partial charge in [-0.2, -0.15) is 0 Å². The maximum Gasteiger partial charge on any atom is 0.344 e. The first kappa shape index (κ1) is 11.6. The van der Waals surface area contributed by atoms with Crippen LogP contribution in [0.3, 0.4) is 0 Å². The molecule has 0 aliphatic rings. The van der Waals surface area contributed by atoms with Gasteiger partial charge in [0.05, 0.1) is 19.5 Å². The predicted octanol–water partition coefficient (Wildman–Crippen LogP) is 1.50. The van der Waals surface area contributed by atoms with Crippen molar-refractivity contribution in [1.82, 2.24) is 0 Å². The molecule has 0 unspecified atom stereocenters. The Labute approximate surface area is 72.6 Å². The van der Waals surface area contributed by atoms with Gasteiger partial charge in [0.15, 0.2) is 0 Å². The van der Waals surface area contributed by atoms with Crippen molar-refractivity contribution in [3.8, 4) is 0 Å². The van der Waals surface area contributed by atoms with E-state index in [1.165, 1.54) is 12.2 Å². The van der Waals surface area contributed by atoms with Gasteiger partial charge in [0.1, 0.15) is 0 Å². The van der Waals surface area contributed by atoms with Crippen molar-refractivity contribution >= 4 is 7.60 Å². The molecule has 0 bridgehead atoms. The molecule has 5 heteroatoms. The second-order valence-electron chi connectivity index (χ2n) is 1.96. The third kappa shape index (κ3) is 4.46. The fraction of sp³-hybridized carbons (Fsp3) is 0.429. The summed E-state index contributed by atoms with van der Waals surface area (Å²) in [6, 6.07) is 0. The van der Waals surface area contributed by atoms with Gasteiger partial charge in [-0.1, -0.05) is 12.2 Å². The minimum Gasteiger partial charge on any atom is -0.320 e. The van der Waals surface area contributed by atoms with Crippen LogP contribution >= 0.6 is 7.60 Å². The molecule has 4 nitrogen and oxygen atoms in total. The van der Waals surface area contributed by atoms with Crippen LogP contribution in [0.5, 0.6) is 0 Å². The van der Waals surface area contributed by atoms with Crippen LogP contribution in [0.25, 0.3) is 0 Å². The summed E-state index contributed by atoms with van der Waals surface area (Å²) in [7, 11) is -3.10. The lowest BCUT2D eigenvalue weighted by molar-refractivity contribution is 0.237.